The van der Waals surface area contributed by atoms with E-state index in [1.807, 2.05) is 0 Å². The molecule has 0 saturated carbocycles. The van der Waals surface area contributed by atoms with Gasteiger partial charge in [-0.2, -0.15) is 9.78 Å². The van der Waals surface area contributed by atoms with Crippen molar-refractivity contribution < 1.29 is 43.7 Å². The third-order valence-electron chi connectivity index (χ3n) is 4.00. The first-order valence-corrected chi connectivity index (χ1v) is 8.16. The van der Waals surface area contributed by atoms with Gasteiger partial charge in [-0.3, -0.25) is 4.79 Å². The largest absolute Gasteiger partial charge is 0.504 e. The van der Waals surface area contributed by atoms with Crippen molar-refractivity contribution in [3.05, 3.63) is 34.5 Å². The standard InChI is InChI=1S/C19H18O10/c1-23-17-13(28-25-3)8-12-14(18(17)29-26-4)15(22)19(24-2)16(27-12)9-5-6-10(20)11(21)7-9/h5-8,20-21H,1-4H3. The van der Waals surface area contributed by atoms with E-state index >= 15 is 0 Å². The zero-order valence-electron chi connectivity index (χ0n) is 16.0. The molecule has 0 aliphatic rings. The van der Waals surface area contributed by atoms with E-state index in [9.17, 15) is 15.0 Å². The number of benzene rings is 2. The lowest BCUT2D eigenvalue weighted by Crippen LogP contribution is -2.11. The molecule has 154 valence electrons. The van der Waals surface area contributed by atoms with Gasteiger partial charge in [-0.15, -0.1) is 0 Å². The number of hydrogen-bond acceptors (Lipinski definition) is 10. The molecule has 2 N–H and O–H groups in total. The van der Waals surface area contributed by atoms with Gasteiger partial charge in [0.15, 0.2) is 17.3 Å². The molecular formula is C19H18O10. The monoisotopic (exact) mass is 406 g/mol. The summed E-state index contributed by atoms with van der Waals surface area (Å²) in [4.78, 5) is 32.8. The highest BCUT2D eigenvalue weighted by Crippen LogP contribution is 2.45. The van der Waals surface area contributed by atoms with E-state index in [4.69, 9.17) is 28.6 Å². The van der Waals surface area contributed by atoms with Gasteiger partial charge in [0.25, 0.3) is 0 Å². The van der Waals surface area contributed by atoms with Gasteiger partial charge in [0.05, 0.1) is 28.4 Å². The van der Waals surface area contributed by atoms with Crippen LogP contribution >= 0.6 is 0 Å². The van der Waals surface area contributed by atoms with E-state index in [1.165, 1.54) is 52.7 Å². The Morgan fingerprint density at radius 3 is 2.10 bits per heavy atom. The Morgan fingerprint density at radius 1 is 0.828 bits per heavy atom. The minimum Gasteiger partial charge on any atom is -0.504 e. The molecule has 0 bridgehead atoms. The lowest BCUT2D eigenvalue weighted by atomic mass is 10.1. The van der Waals surface area contributed by atoms with Crippen molar-refractivity contribution in [1.29, 1.82) is 0 Å². The number of phenolic OH excluding ortho intramolecular Hbond substituents is 2. The summed E-state index contributed by atoms with van der Waals surface area (Å²) in [6, 6.07) is 5.29. The van der Waals surface area contributed by atoms with Crippen LogP contribution in [-0.2, 0) is 9.78 Å². The fraction of sp³-hybridized carbons (Fsp3) is 0.211. The van der Waals surface area contributed by atoms with Gasteiger partial charge in [0, 0.05) is 11.6 Å². The van der Waals surface area contributed by atoms with E-state index < -0.39 is 11.2 Å². The average Bonchev–Trinajstić information content (AvgIpc) is 2.70. The van der Waals surface area contributed by atoms with Crippen LogP contribution in [-0.4, -0.2) is 38.7 Å². The molecule has 1 aromatic heterocycles. The van der Waals surface area contributed by atoms with Gasteiger partial charge < -0.3 is 33.9 Å². The maximum absolute atomic E-state index is 13.2. The molecule has 10 nitrogen and oxygen atoms in total. The molecule has 2 aromatic carbocycles. The molecule has 0 aliphatic heterocycles. The summed E-state index contributed by atoms with van der Waals surface area (Å²) >= 11 is 0. The predicted octanol–water partition coefficient (Wildman–Crippen LogP) is 2.77. The van der Waals surface area contributed by atoms with Gasteiger partial charge in [0.2, 0.25) is 28.4 Å². The van der Waals surface area contributed by atoms with Crippen molar-refractivity contribution in [3.63, 3.8) is 0 Å². The molecule has 0 spiro atoms. The van der Waals surface area contributed by atoms with Gasteiger partial charge in [-0.1, -0.05) is 0 Å². The van der Waals surface area contributed by atoms with Crippen LogP contribution < -0.4 is 24.7 Å². The Bertz CT molecular complexity index is 1100. The quantitative estimate of drug-likeness (QED) is 0.343. The van der Waals surface area contributed by atoms with Crippen LogP contribution in [0.3, 0.4) is 0 Å². The van der Waals surface area contributed by atoms with Crippen molar-refractivity contribution in [2.24, 2.45) is 0 Å². The number of rotatable bonds is 7. The van der Waals surface area contributed by atoms with Crippen LogP contribution in [0.4, 0.5) is 0 Å². The third-order valence-corrected chi connectivity index (χ3v) is 4.00. The number of ether oxygens (including phenoxy) is 2. The summed E-state index contributed by atoms with van der Waals surface area (Å²) in [5, 5.41) is 19.3. The number of methoxy groups -OCH3 is 2. The summed E-state index contributed by atoms with van der Waals surface area (Å²) < 4.78 is 16.4. The van der Waals surface area contributed by atoms with Crippen molar-refractivity contribution in [1.82, 2.24) is 0 Å². The number of hydrogen-bond donors (Lipinski definition) is 2. The van der Waals surface area contributed by atoms with Gasteiger partial charge in [-0.05, 0) is 18.2 Å². The second-order valence-corrected chi connectivity index (χ2v) is 5.61. The second-order valence-electron chi connectivity index (χ2n) is 5.61. The van der Waals surface area contributed by atoms with E-state index in [0.717, 1.165) is 0 Å². The first-order valence-electron chi connectivity index (χ1n) is 8.16. The van der Waals surface area contributed by atoms with Gasteiger partial charge in [0.1, 0.15) is 11.0 Å². The lowest BCUT2D eigenvalue weighted by Gasteiger charge is -2.15. The molecular weight excluding hydrogens is 388 g/mol. The summed E-state index contributed by atoms with van der Waals surface area (Å²) in [5.41, 5.74) is -0.265. The van der Waals surface area contributed by atoms with Gasteiger partial charge >= 0.3 is 0 Å². The zero-order valence-corrected chi connectivity index (χ0v) is 16.0. The molecule has 0 radical (unpaired) electrons. The summed E-state index contributed by atoms with van der Waals surface area (Å²) in [5.74, 6) is -0.885. The Labute approximate surface area is 164 Å². The van der Waals surface area contributed by atoms with Crippen molar-refractivity contribution in [2.75, 3.05) is 28.4 Å². The Hall–Kier alpha value is -3.63. The van der Waals surface area contributed by atoms with E-state index in [2.05, 4.69) is 4.89 Å². The fourth-order valence-corrected chi connectivity index (χ4v) is 2.81. The highest BCUT2D eigenvalue weighted by molar-refractivity contribution is 5.91. The lowest BCUT2D eigenvalue weighted by molar-refractivity contribution is -0.185. The molecule has 10 heteroatoms. The average molecular weight is 406 g/mol. The second kappa shape index (κ2) is 8.17. The topological polar surface area (TPSA) is 126 Å². The third kappa shape index (κ3) is 3.46. The van der Waals surface area contributed by atoms with E-state index in [1.54, 1.807) is 0 Å². The van der Waals surface area contributed by atoms with Crippen LogP contribution in [0.15, 0.2) is 33.5 Å². The normalized spacial score (nSPS) is 10.8. The first-order chi connectivity index (χ1) is 14.0. The number of aromatic hydroxyl groups is 2. The Morgan fingerprint density at radius 2 is 1.52 bits per heavy atom. The van der Waals surface area contributed by atoms with Crippen LogP contribution in [0.25, 0.3) is 22.3 Å². The molecule has 3 aromatic rings. The first kappa shape index (κ1) is 20.1. The minimum atomic E-state index is -0.592. The van der Waals surface area contributed by atoms with Crippen LogP contribution in [0.1, 0.15) is 0 Å². The highest BCUT2D eigenvalue weighted by atomic mass is 17.2. The Kier molecular flexibility index (Phi) is 5.66. The maximum atomic E-state index is 13.2. The van der Waals surface area contributed by atoms with E-state index in [0.29, 0.717) is 0 Å². The molecule has 29 heavy (non-hydrogen) atoms. The molecule has 0 saturated heterocycles. The van der Waals surface area contributed by atoms with Crippen LogP contribution in [0.5, 0.6) is 34.5 Å². The molecule has 0 unspecified atom stereocenters. The minimum absolute atomic E-state index is 0.0113. The zero-order chi connectivity index (χ0) is 21.1. The maximum Gasteiger partial charge on any atom is 0.239 e. The molecule has 1 heterocycles. The summed E-state index contributed by atoms with van der Waals surface area (Å²) in [6.07, 6.45) is 0. The molecule has 0 atom stereocenters. The smallest absolute Gasteiger partial charge is 0.239 e. The Balaban J connectivity index is 2.42. The molecule has 3 rings (SSSR count). The molecule has 0 fully saturated rings. The predicted molar refractivity (Wildman–Crippen MR) is 99.6 cm³/mol. The highest BCUT2D eigenvalue weighted by Gasteiger charge is 2.27. The number of phenols is 2. The van der Waals surface area contributed by atoms with Crippen LogP contribution in [0.2, 0.25) is 0 Å². The SMILES string of the molecule is COOc1cc2oc(-c3ccc(O)c(O)c3)c(OC)c(=O)c2c(OOC)c1OC. The van der Waals surface area contributed by atoms with Gasteiger partial charge in [-0.25, -0.2) is 0 Å². The van der Waals surface area contributed by atoms with Crippen molar-refractivity contribution in [2.45, 2.75) is 0 Å². The summed E-state index contributed by atoms with van der Waals surface area (Å²) in [6.45, 7) is 0. The number of fused-ring (bicyclic) bond motifs is 1. The fourth-order valence-electron chi connectivity index (χ4n) is 2.81. The van der Waals surface area contributed by atoms with E-state index in [-0.39, 0.29) is 51.0 Å². The van der Waals surface area contributed by atoms with Crippen molar-refractivity contribution in [3.8, 4) is 45.8 Å². The molecule has 0 aliphatic carbocycles. The molecule has 0 amide bonds. The van der Waals surface area contributed by atoms with Crippen LogP contribution in [0, 0.1) is 0 Å². The summed E-state index contributed by atoms with van der Waals surface area (Å²) in [7, 11) is 5.17. The van der Waals surface area contributed by atoms with Crippen molar-refractivity contribution >= 4 is 11.0 Å².